The maximum absolute atomic E-state index is 13.9. The molecule has 0 saturated heterocycles. The molecule has 4 aromatic rings. The summed E-state index contributed by atoms with van der Waals surface area (Å²) in [4.78, 5) is 26.8. The number of hydrogen-bond acceptors (Lipinski definition) is 5. The molecular formula is C41H52ClN3O5. The molecule has 6 rings (SSSR count). The highest BCUT2D eigenvalue weighted by molar-refractivity contribution is 6.02. The standard InChI is InChI=1S/C41H51N3O5.ClH/c1-6-44(7-2,8-3)27-29-16-14-28(15-17-29)24-35(41(46)48-5)42-40(45)31-18-20-33-36(25-31)43-22-23-49-37-26-32(47-4)19-21-34(37)39(43)38(33)30-12-10-9-11-13-30;/h14-21,25-26,30,35H,6-13,22-24,27H2,1-5H3;1H. The third-order valence-corrected chi connectivity index (χ3v) is 11.2. The van der Waals surface area contributed by atoms with E-state index in [9.17, 15) is 9.59 Å². The molecule has 1 aromatic heterocycles. The Balaban J connectivity index is 0.00000486. The van der Waals surface area contributed by atoms with E-state index in [1.807, 2.05) is 24.3 Å². The number of amides is 1. The van der Waals surface area contributed by atoms with Gasteiger partial charge in [0.2, 0.25) is 0 Å². The van der Waals surface area contributed by atoms with Crippen LogP contribution < -0.4 is 27.2 Å². The summed E-state index contributed by atoms with van der Waals surface area (Å²) in [5.41, 5.74) is 7.36. The predicted molar refractivity (Wildman–Crippen MR) is 194 cm³/mol. The third-order valence-electron chi connectivity index (χ3n) is 11.2. The Morgan fingerprint density at radius 2 is 1.62 bits per heavy atom. The number of halogens is 1. The molecule has 0 spiro atoms. The quantitative estimate of drug-likeness (QED) is 0.172. The first-order valence-corrected chi connectivity index (χ1v) is 18.1. The van der Waals surface area contributed by atoms with Crippen LogP contribution in [0.15, 0.2) is 60.7 Å². The number of quaternary nitrogens is 1. The Bertz CT molecular complexity index is 1780. The lowest BCUT2D eigenvalue weighted by atomic mass is 9.81. The minimum absolute atomic E-state index is 0. The van der Waals surface area contributed by atoms with Crippen molar-refractivity contribution in [2.75, 3.05) is 40.5 Å². The van der Waals surface area contributed by atoms with E-state index in [-0.39, 0.29) is 18.3 Å². The van der Waals surface area contributed by atoms with Gasteiger partial charge in [-0.05, 0) is 74.9 Å². The number of esters is 1. The average molecular weight is 702 g/mol. The number of aromatic nitrogens is 1. The molecule has 2 heterocycles. The highest BCUT2D eigenvalue weighted by Crippen LogP contribution is 2.47. The van der Waals surface area contributed by atoms with E-state index in [1.165, 1.54) is 48.6 Å². The normalized spacial score (nSPS) is 15.1. The zero-order chi connectivity index (χ0) is 34.5. The number of ether oxygens (including phenoxy) is 3. The van der Waals surface area contributed by atoms with Gasteiger partial charge < -0.3 is 41.0 Å². The molecular weight excluding hydrogens is 650 g/mol. The predicted octanol–water partition coefficient (Wildman–Crippen LogP) is 4.65. The monoisotopic (exact) mass is 701 g/mol. The molecule has 0 bridgehead atoms. The fraction of sp³-hybridized carbons (Fsp3) is 0.463. The number of nitrogens with one attached hydrogen (secondary N) is 1. The van der Waals surface area contributed by atoms with Crippen LogP contribution in [0.2, 0.25) is 0 Å². The van der Waals surface area contributed by atoms with Crippen molar-refractivity contribution < 1.29 is 40.7 Å². The van der Waals surface area contributed by atoms with Crippen molar-refractivity contribution in [2.45, 2.75) is 84.3 Å². The Hall–Kier alpha value is -4.01. The number of benzene rings is 3. The molecule has 2 aliphatic rings. The minimum atomic E-state index is -0.812. The Morgan fingerprint density at radius 3 is 2.28 bits per heavy atom. The van der Waals surface area contributed by atoms with Crippen LogP contribution in [0.3, 0.4) is 0 Å². The summed E-state index contributed by atoms with van der Waals surface area (Å²) in [6, 6.07) is 19.7. The van der Waals surface area contributed by atoms with Gasteiger partial charge in [-0.15, -0.1) is 0 Å². The summed E-state index contributed by atoms with van der Waals surface area (Å²) in [6.07, 6.45) is 6.36. The first kappa shape index (κ1) is 37.3. The zero-order valence-electron chi connectivity index (χ0n) is 30.2. The van der Waals surface area contributed by atoms with Crippen molar-refractivity contribution in [3.05, 3.63) is 82.9 Å². The molecule has 0 radical (unpaired) electrons. The summed E-state index contributed by atoms with van der Waals surface area (Å²) >= 11 is 0. The molecule has 1 aliphatic carbocycles. The third kappa shape index (κ3) is 7.52. The van der Waals surface area contributed by atoms with Crippen molar-refractivity contribution in [2.24, 2.45) is 0 Å². The Labute approximate surface area is 303 Å². The molecule has 1 saturated carbocycles. The summed E-state index contributed by atoms with van der Waals surface area (Å²) < 4.78 is 20.3. The van der Waals surface area contributed by atoms with Gasteiger partial charge in [0.05, 0.1) is 46.1 Å². The Morgan fingerprint density at radius 1 is 0.920 bits per heavy atom. The number of rotatable bonds is 12. The van der Waals surface area contributed by atoms with Crippen molar-refractivity contribution in [1.29, 1.82) is 0 Å². The molecule has 268 valence electrons. The van der Waals surface area contributed by atoms with Crippen LogP contribution in [0.25, 0.3) is 22.2 Å². The second-order valence-electron chi connectivity index (χ2n) is 13.7. The lowest BCUT2D eigenvalue weighted by molar-refractivity contribution is -0.936. The lowest BCUT2D eigenvalue weighted by Gasteiger charge is -2.36. The minimum Gasteiger partial charge on any atom is -1.00 e. The second-order valence-corrected chi connectivity index (χ2v) is 13.7. The number of hydrogen-bond donors (Lipinski definition) is 1. The summed E-state index contributed by atoms with van der Waals surface area (Å²) in [6.45, 7) is 12.1. The van der Waals surface area contributed by atoms with Gasteiger partial charge in [-0.25, -0.2) is 4.79 Å². The van der Waals surface area contributed by atoms with E-state index in [0.717, 1.165) is 71.6 Å². The first-order chi connectivity index (χ1) is 23.8. The van der Waals surface area contributed by atoms with Gasteiger partial charge >= 0.3 is 5.97 Å². The lowest BCUT2D eigenvalue weighted by Crippen LogP contribution is -3.00. The number of carbonyl (C=O) groups is 2. The van der Waals surface area contributed by atoms with Gasteiger partial charge in [0.25, 0.3) is 5.91 Å². The van der Waals surface area contributed by atoms with Crippen molar-refractivity contribution in [1.82, 2.24) is 9.88 Å². The molecule has 1 fully saturated rings. The highest BCUT2D eigenvalue weighted by atomic mass is 35.5. The topological polar surface area (TPSA) is 78.8 Å². The van der Waals surface area contributed by atoms with Gasteiger partial charge in [0.15, 0.2) is 0 Å². The maximum atomic E-state index is 13.9. The van der Waals surface area contributed by atoms with Crippen molar-refractivity contribution in [3.8, 4) is 22.8 Å². The molecule has 1 aliphatic heterocycles. The average Bonchev–Trinajstić information content (AvgIpc) is 3.35. The van der Waals surface area contributed by atoms with Crippen LogP contribution in [0.1, 0.15) is 85.8 Å². The van der Waals surface area contributed by atoms with Crippen LogP contribution in [0.4, 0.5) is 0 Å². The zero-order valence-corrected chi connectivity index (χ0v) is 31.0. The van der Waals surface area contributed by atoms with Gasteiger partial charge in [-0.1, -0.05) is 49.6 Å². The van der Waals surface area contributed by atoms with E-state index < -0.39 is 12.0 Å². The second kappa shape index (κ2) is 16.3. The number of fused-ring (bicyclic) bond motifs is 5. The van der Waals surface area contributed by atoms with E-state index >= 15 is 0 Å². The summed E-state index contributed by atoms with van der Waals surface area (Å²) in [5.74, 6) is 1.27. The van der Waals surface area contributed by atoms with E-state index in [4.69, 9.17) is 14.2 Å². The molecule has 9 heteroatoms. The molecule has 1 unspecified atom stereocenters. The summed E-state index contributed by atoms with van der Waals surface area (Å²) in [7, 11) is 3.04. The van der Waals surface area contributed by atoms with Gasteiger partial charge in [0.1, 0.15) is 30.7 Å². The SMILES string of the molecule is CC[N+](CC)(CC)Cc1ccc(CC(NC(=O)c2ccc3c(C4CCCCC4)c4n(c3c2)CCOc2cc(OC)ccc2-4)C(=O)OC)cc1.[Cl-]. The van der Waals surface area contributed by atoms with Crippen molar-refractivity contribution >= 4 is 22.8 Å². The van der Waals surface area contributed by atoms with Crippen LogP contribution in [-0.4, -0.2) is 67.4 Å². The number of nitrogens with zero attached hydrogens (tertiary/aromatic N) is 2. The fourth-order valence-electron chi connectivity index (χ4n) is 8.02. The number of carbonyl (C=O) groups excluding carboxylic acids is 2. The van der Waals surface area contributed by atoms with E-state index in [2.05, 4.69) is 67.1 Å². The van der Waals surface area contributed by atoms with E-state index in [0.29, 0.717) is 31.1 Å². The van der Waals surface area contributed by atoms with Crippen LogP contribution >= 0.6 is 0 Å². The number of methoxy groups -OCH3 is 2. The Kier molecular flexibility index (Phi) is 12.2. The molecule has 50 heavy (non-hydrogen) atoms. The molecule has 1 atom stereocenters. The van der Waals surface area contributed by atoms with Gasteiger partial charge in [0, 0.05) is 40.1 Å². The molecule has 1 N–H and O–H groups in total. The van der Waals surface area contributed by atoms with Gasteiger partial charge in [-0.2, -0.15) is 0 Å². The van der Waals surface area contributed by atoms with Crippen LogP contribution in [0.5, 0.6) is 11.5 Å². The van der Waals surface area contributed by atoms with Crippen molar-refractivity contribution in [3.63, 3.8) is 0 Å². The highest BCUT2D eigenvalue weighted by Gasteiger charge is 2.31. The molecule has 1 amide bonds. The fourth-order valence-corrected chi connectivity index (χ4v) is 8.02. The van der Waals surface area contributed by atoms with Crippen LogP contribution in [0, 0.1) is 0 Å². The summed E-state index contributed by atoms with van der Waals surface area (Å²) in [5, 5.41) is 4.19. The van der Waals surface area contributed by atoms with E-state index in [1.54, 1.807) is 7.11 Å². The smallest absolute Gasteiger partial charge is 0.328 e. The molecule has 3 aromatic carbocycles. The largest absolute Gasteiger partial charge is 1.00 e. The first-order valence-electron chi connectivity index (χ1n) is 18.1. The van der Waals surface area contributed by atoms with Crippen LogP contribution in [-0.2, 0) is 29.0 Å². The molecule has 8 nitrogen and oxygen atoms in total. The maximum Gasteiger partial charge on any atom is 0.328 e. The van der Waals surface area contributed by atoms with Gasteiger partial charge in [-0.3, -0.25) is 4.79 Å².